The third-order valence-corrected chi connectivity index (χ3v) is 8.77. The van der Waals surface area contributed by atoms with Gasteiger partial charge in [-0.05, 0) is 82.1 Å². The number of halogens is 1. The van der Waals surface area contributed by atoms with E-state index in [9.17, 15) is 19.1 Å². The number of hydrogen-bond donors (Lipinski definition) is 3. The van der Waals surface area contributed by atoms with Crippen LogP contribution in [0.15, 0.2) is 54.7 Å². The third-order valence-electron chi connectivity index (χ3n) is 7.83. The van der Waals surface area contributed by atoms with E-state index in [-0.39, 0.29) is 24.9 Å². The number of fused-ring (bicyclic) bond motifs is 1. The molecule has 0 radical (unpaired) electrons. The molecule has 9 nitrogen and oxygen atoms in total. The van der Waals surface area contributed by atoms with Gasteiger partial charge >= 0.3 is 0 Å². The van der Waals surface area contributed by atoms with Crippen LogP contribution < -0.4 is 20.5 Å². The number of pyridine rings is 1. The molecule has 1 aliphatic carbocycles. The van der Waals surface area contributed by atoms with E-state index in [1.807, 2.05) is 13.0 Å². The molecule has 1 fully saturated rings. The lowest BCUT2D eigenvalue weighted by Gasteiger charge is -2.26. The summed E-state index contributed by atoms with van der Waals surface area (Å²) in [6.07, 6.45) is 3.86. The number of benzene rings is 2. The number of carbonyl (C=O) groups is 2. The Bertz CT molecular complexity index is 1730. The van der Waals surface area contributed by atoms with Gasteiger partial charge in [0.05, 0.1) is 28.2 Å². The first-order valence-corrected chi connectivity index (χ1v) is 14.7. The maximum Gasteiger partial charge on any atom is 0.251 e. The van der Waals surface area contributed by atoms with Gasteiger partial charge in [0.25, 0.3) is 5.91 Å². The highest BCUT2D eigenvalue weighted by atomic mass is 32.1. The minimum absolute atomic E-state index is 0.00175. The molecule has 1 aliphatic heterocycles. The summed E-state index contributed by atoms with van der Waals surface area (Å²) in [5, 5.41) is 15.3. The van der Waals surface area contributed by atoms with Gasteiger partial charge < -0.3 is 25.6 Å². The summed E-state index contributed by atoms with van der Waals surface area (Å²) in [6, 6.07) is 12.5. The monoisotopic (exact) mass is 602 g/mol. The molecule has 222 valence electrons. The molecule has 0 unspecified atom stereocenters. The number of aromatic nitrogens is 2. The van der Waals surface area contributed by atoms with Gasteiger partial charge in [-0.3, -0.25) is 9.59 Å². The zero-order valence-corrected chi connectivity index (χ0v) is 24.8. The van der Waals surface area contributed by atoms with Crippen molar-refractivity contribution in [2.24, 2.45) is 5.73 Å². The first-order valence-electron chi connectivity index (χ1n) is 13.9. The van der Waals surface area contributed by atoms with Crippen LogP contribution in [-0.2, 0) is 15.8 Å². The highest BCUT2D eigenvalue weighted by Gasteiger charge is 2.45. The Labute approximate surface area is 251 Å². The van der Waals surface area contributed by atoms with E-state index in [4.69, 9.17) is 15.2 Å². The molecule has 1 saturated carbocycles. The molecule has 43 heavy (non-hydrogen) atoms. The molecule has 2 aromatic carbocycles. The molecule has 11 heteroatoms. The van der Waals surface area contributed by atoms with Crippen LogP contribution in [0.1, 0.15) is 53.3 Å². The fourth-order valence-corrected chi connectivity index (χ4v) is 5.74. The smallest absolute Gasteiger partial charge is 0.251 e. The summed E-state index contributed by atoms with van der Waals surface area (Å²) in [5.74, 6) is -0.466. The van der Waals surface area contributed by atoms with Crippen molar-refractivity contribution in [3.05, 3.63) is 82.4 Å². The Kier molecular flexibility index (Phi) is 7.18. The van der Waals surface area contributed by atoms with Gasteiger partial charge in [-0.1, -0.05) is 0 Å². The van der Waals surface area contributed by atoms with Crippen LogP contribution in [0.4, 0.5) is 4.39 Å². The van der Waals surface area contributed by atoms with Crippen LogP contribution in [0.25, 0.3) is 21.7 Å². The van der Waals surface area contributed by atoms with Crippen molar-refractivity contribution in [2.75, 3.05) is 13.2 Å². The Balaban J connectivity index is 1.29. The molecule has 0 bridgehead atoms. The second kappa shape index (κ2) is 10.7. The maximum atomic E-state index is 13.7. The normalized spacial score (nSPS) is 18.8. The van der Waals surface area contributed by atoms with E-state index in [2.05, 4.69) is 15.3 Å². The lowest BCUT2D eigenvalue weighted by atomic mass is 9.82. The Morgan fingerprint density at radius 3 is 2.63 bits per heavy atom. The minimum atomic E-state index is -1.66. The highest BCUT2D eigenvalue weighted by molar-refractivity contribution is 7.15. The van der Waals surface area contributed by atoms with E-state index < -0.39 is 28.6 Å². The number of nitrogens with one attached hydrogen (secondary N) is 1. The Hall–Kier alpha value is -4.35. The van der Waals surface area contributed by atoms with Crippen molar-refractivity contribution < 1.29 is 28.6 Å². The van der Waals surface area contributed by atoms with Crippen LogP contribution in [0, 0.1) is 12.7 Å². The molecule has 2 aliphatic rings. The van der Waals surface area contributed by atoms with Crippen LogP contribution >= 0.6 is 11.3 Å². The van der Waals surface area contributed by atoms with Crippen molar-refractivity contribution >= 4 is 23.2 Å². The predicted octanol–water partition coefficient (Wildman–Crippen LogP) is 4.63. The number of rotatable bonds is 9. The molecule has 6 rings (SSSR count). The fourth-order valence-electron chi connectivity index (χ4n) is 4.93. The summed E-state index contributed by atoms with van der Waals surface area (Å²) in [5.41, 5.74) is 5.69. The van der Waals surface area contributed by atoms with Crippen LogP contribution in [0.2, 0.25) is 0 Å². The largest absolute Gasteiger partial charge is 0.490 e. The topological polar surface area (TPSA) is 137 Å². The molecule has 3 heterocycles. The first-order chi connectivity index (χ1) is 20.4. The van der Waals surface area contributed by atoms with E-state index >= 15 is 0 Å². The van der Waals surface area contributed by atoms with E-state index in [0.717, 1.165) is 28.3 Å². The third kappa shape index (κ3) is 5.57. The van der Waals surface area contributed by atoms with Gasteiger partial charge in [-0.15, -0.1) is 11.3 Å². The van der Waals surface area contributed by atoms with Gasteiger partial charge in [0.1, 0.15) is 40.6 Å². The Morgan fingerprint density at radius 2 is 1.98 bits per heavy atom. The average Bonchev–Trinajstić information content (AvgIpc) is 3.58. The van der Waals surface area contributed by atoms with Gasteiger partial charge in [-0.2, -0.15) is 0 Å². The second-order valence-electron chi connectivity index (χ2n) is 11.5. The van der Waals surface area contributed by atoms with Crippen molar-refractivity contribution in [3.8, 4) is 33.2 Å². The molecular formula is C32H31FN4O5S. The summed E-state index contributed by atoms with van der Waals surface area (Å²) in [6.45, 7) is 4.92. The lowest BCUT2D eigenvalue weighted by molar-refractivity contribution is -0.123. The zero-order chi connectivity index (χ0) is 30.5. The molecule has 2 aromatic heterocycles. The average molecular weight is 603 g/mol. The van der Waals surface area contributed by atoms with Gasteiger partial charge in [-0.25, -0.2) is 14.4 Å². The first kappa shape index (κ1) is 28.8. The standard InChI is InChI=1S/C32H31FN4O5S/c1-17-35-14-25(43-17)22-11-6-19(12-24(22)42-21-9-10-21)29(38)36-15-32(3,40)26-13-23-28(41-16-31(23,2)30(34)39)27(37-26)18-4-7-20(33)8-5-18/h4-8,11-14,21,40H,9-10,15-16H2,1-3H3,(H2,34,39)(H,36,38)/t31-,32-/m0/s1. The number of aliphatic hydroxyl groups is 1. The van der Waals surface area contributed by atoms with E-state index in [0.29, 0.717) is 33.9 Å². The van der Waals surface area contributed by atoms with Crippen LogP contribution in [-0.4, -0.2) is 46.1 Å². The molecule has 2 amide bonds. The van der Waals surface area contributed by atoms with Crippen molar-refractivity contribution in [1.82, 2.24) is 15.3 Å². The number of carbonyl (C=O) groups excluding carboxylic acids is 2. The second-order valence-corrected chi connectivity index (χ2v) is 12.7. The molecule has 0 spiro atoms. The maximum absolute atomic E-state index is 13.7. The number of primary amides is 1. The highest BCUT2D eigenvalue weighted by Crippen LogP contribution is 2.45. The van der Waals surface area contributed by atoms with E-state index in [1.165, 1.54) is 19.1 Å². The number of amides is 2. The van der Waals surface area contributed by atoms with Crippen molar-refractivity contribution in [1.29, 1.82) is 0 Å². The van der Waals surface area contributed by atoms with Crippen molar-refractivity contribution in [2.45, 2.75) is 50.7 Å². The number of nitrogens with zero attached hydrogens (tertiary/aromatic N) is 2. The quantitative estimate of drug-likeness (QED) is 0.254. The summed E-state index contributed by atoms with van der Waals surface area (Å²) < 4.78 is 25.7. The van der Waals surface area contributed by atoms with E-state index in [1.54, 1.807) is 54.8 Å². The number of ether oxygens (including phenoxy) is 2. The molecule has 4 aromatic rings. The number of aryl methyl sites for hydroxylation is 1. The molecular weight excluding hydrogens is 571 g/mol. The van der Waals surface area contributed by atoms with Crippen LogP contribution in [0.3, 0.4) is 0 Å². The molecule has 4 N–H and O–H groups in total. The SMILES string of the molecule is Cc1ncc(-c2ccc(C(=O)NC[C@](C)(O)c3cc4c(c(-c5ccc(F)cc5)n3)OC[C@]4(C)C(N)=O)cc2OC2CC2)s1. The Morgan fingerprint density at radius 1 is 1.23 bits per heavy atom. The summed E-state index contributed by atoms with van der Waals surface area (Å²) >= 11 is 1.55. The minimum Gasteiger partial charge on any atom is -0.490 e. The predicted molar refractivity (Wildman–Crippen MR) is 160 cm³/mol. The number of thiazole rings is 1. The van der Waals surface area contributed by atoms with Crippen LogP contribution in [0.5, 0.6) is 11.5 Å². The summed E-state index contributed by atoms with van der Waals surface area (Å²) in [4.78, 5) is 35.7. The molecule has 2 atom stereocenters. The lowest BCUT2D eigenvalue weighted by Crippen LogP contribution is -2.41. The number of nitrogens with two attached hydrogens (primary N) is 1. The zero-order valence-electron chi connectivity index (χ0n) is 23.9. The fraction of sp³-hybridized carbons (Fsp3) is 0.312. The number of hydrogen-bond acceptors (Lipinski definition) is 8. The summed E-state index contributed by atoms with van der Waals surface area (Å²) in [7, 11) is 0. The molecule has 0 saturated heterocycles. The van der Waals surface area contributed by atoms with Gasteiger partial charge in [0.2, 0.25) is 5.91 Å². The van der Waals surface area contributed by atoms with Gasteiger partial charge in [0, 0.05) is 28.5 Å². The van der Waals surface area contributed by atoms with Gasteiger partial charge in [0.15, 0.2) is 0 Å². The van der Waals surface area contributed by atoms with Crippen molar-refractivity contribution in [3.63, 3.8) is 0 Å².